The van der Waals surface area contributed by atoms with Gasteiger partial charge in [0.15, 0.2) is 6.29 Å². The van der Waals surface area contributed by atoms with Crippen LogP contribution >= 0.6 is 0 Å². The molecule has 0 amide bonds. The van der Waals surface area contributed by atoms with Crippen LogP contribution in [0.25, 0.3) is 0 Å². The maximum Gasteiger partial charge on any atom is 0.302 e. The van der Waals surface area contributed by atoms with E-state index >= 15 is 0 Å². The van der Waals surface area contributed by atoms with E-state index in [0.29, 0.717) is 13.0 Å². The highest BCUT2D eigenvalue weighted by atomic mass is 16.7. The van der Waals surface area contributed by atoms with Crippen LogP contribution in [0.5, 0.6) is 0 Å². The van der Waals surface area contributed by atoms with Gasteiger partial charge in [-0.2, -0.15) is 0 Å². The van der Waals surface area contributed by atoms with Crippen LogP contribution in [-0.4, -0.2) is 38.2 Å². The average molecular weight is 308 g/mol. The normalized spacial score (nSPS) is 28.3. The van der Waals surface area contributed by atoms with Gasteiger partial charge in [-0.3, -0.25) is 4.79 Å². The van der Waals surface area contributed by atoms with Crippen molar-refractivity contribution < 1.29 is 23.7 Å². The number of benzene rings is 1. The number of methoxy groups -OCH3 is 1. The number of hydrogen-bond acceptors (Lipinski definition) is 5. The number of ether oxygens (including phenoxy) is 4. The fourth-order valence-corrected chi connectivity index (χ4v) is 2.60. The van der Waals surface area contributed by atoms with Gasteiger partial charge in [-0.25, -0.2) is 0 Å². The molecule has 2 rings (SSSR count). The molecule has 1 aliphatic heterocycles. The monoisotopic (exact) mass is 308 g/mol. The molecule has 0 spiro atoms. The minimum absolute atomic E-state index is 0.000496. The molecule has 22 heavy (non-hydrogen) atoms. The van der Waals surface area contributed by atoms with Crippen molar-refractivity contribution >= 4 is 5.97 Å². The second kappa shape index (κ2) is 8.27. The van der Waals surface area contributed by atoms with E-state index < -0.39 is 0 Å². The van der Waals surface area contributed by atoms with Crippen LogP contribution in [-0.2, 0) is 30.3 Å². The summed E-state index contributed by atoms with van der Waals surface area (Å²) in [5.41, 5.74) is 1.13. The third-order valence-electron chi connectivity index (χ3n) is 3.85. The number of carbonyl (C=O) groups excluding carboxylic acids is 1. The van der Waals surface area contributed by atoms with Crippen molar-refractivity contribution in [3.8, 4) is 0 Å². The van der Waals surface area contributed by atoms with Crippen LogP contribution in [0.4, 0.5) is 0 Å². The second-order valence-electron chi connectivity index (χ2n) is 5.59. The van der Waals surface area contributed by atoms with E-state index in [-0.39, 0.29) is 37.0 Å². The molecule has 5 heteroatoms. The van der Waals surface area contributed by atoms with E-state index in [4.69, 9.17) is 18.9 Å². The molecule has 1 aliphatic rings. The molecule has 0 radical (unpaired) electrons. The summed E-state index contributed by atoms with van der Waals surface area (Å²) in [6.07, 6.45) is 0.126. The SMILES string of the molecule is CO[C@H]1OC(COC(C)=O)C[C@@H](OCc2ccccc2)C1C. The molecule has 0 aromatic heterocycles. The smallest absolute Gasteiger partial charge is 0.302 e. The van der Waals surface area contributed by atoms with Crippen LogP contribution in [0.3, 0.4) is 0 Å². The Morgan fingerprint density at radius 1 is 1.32 bits per heavy atom. The van der Waals surface area contributed by atoms with Gasteiger partial charge in [0, 0.05) is 26.4 Å². The Morgan fingerprint density at radius 3 is 2.68 bits per heavy atom. The van der Waals surface area contributed by atoms with Crippen molar-refractivity contribution in [2.75, 3.05) is 13.7 Å². The fourth-order valence-electron chi connectivity index (χ4n) is 2.60. The van der Waals surface area contributed by atoms with Gasteiger partial charge in [0.1, 0.15) is 6.61 Å². The summed E-state index contributed by atoms with van der Waals surface area (Å²) in [5.74, 6) is -0.194. The molecular formula is C17H24O5. The topological polar surface area (TPSA) is 54.0 Å². The van der Waals surface area contributed by atoms with E-state index in [0.717, 1.165) is 5.56 Å². The lowest BCUT2D eigenvalue weighted by Crippen LogP contribution is -2.46. The first-order chi connectivity index (χ1) is 10.6. The zero-order valence-electron chi connectivity index (χ0n) is 13.4. The maximum atomic E-state index is 11.0. The van der Waals surface area contributed by atoms with Gasteiger partial charge in [0.2, 0.25) is 0 Å². The van der Waals surface area contributed by atoms with Gasteiger partial charge in [-0.1, -0.05) is 37.3 Å². The Morgan fingerprint density at radius 2 is 2.05 bits per heavy atom. The van der Waals surface area contributed by atoms with E-state index in [9.17, 15) is 4.79 Å². The van der Waals surface area contributed by atoms with Crippen LogP contribution in [0.15, 0.2) is 30.3 Å². The van der Waals surface area contributed by atoms with Gasteiger partial charge in [0.25, 0.3) is 0 Å². The first-order valence-electron chi connectivity index (χ1n) is 7.57. The Kier molecular flexibility index (Phi) is 6.36. The van der Waals surface area contributed by atoms with Crippen LogP contribution in [0, 0.1) is 5.92 Å². The summed E-state index contributed by atoms with van der Waals surface area (Å²) in [7, 11) is 1.61. The van der Waals surface area contributed by atoms with Crippen LogP contribution in [0.2, 0.25) is 0 Å². The highest BCUT2D eigenvalue weighted by Crippen LogP contribution is 2.29. The molecule has 1 saturated heterocycles. The highest BCUT2D eigenvalue weighted by Gasteiger charge is 2.37. The molecule has 0 saturated carbocycles. The van der Waals surface area contributed by atoms with Gasteiger partial charge >= 0.3 is 5.97 Å². The minimum atomic E-state index is -0.352. The molecule has 0 N–H and O–H groups in total. The van der Waals surface area contributed by atoms with E-state index in [2.05, 4.69) is 0 Å². The molecule has 5 nitrogen and oxygen atoms in total. The first kappa shape index (κ1) is 16.9. The Bertz CT molecular complexity index is 461. The fraction of sp³-hybridized carbons (Fsp3) is 0.588. The van der Waals surface area contributed by atoms with Gasteiger partial charge in [-0.15, -0.1) is 0 Å². The summed E-state index contributed by atoms with van der Waals surface area (Å²) in [6.45, 7) is 4.22. The molecule has 122 valence electrons. The molecule has 1 aromatic rings. The summed E-state index contributed by atoms with van der Waals surface area (Å²) >= 11 is 0. The number of esters is 1. The predicted octanol–water partition coefficient (Wildman–Crippen LogP) is 2.53. The maximum absolute atomic E-state index is 11.0. The second-order valence-corrected chi connectivity index (χ2v) is 5.59. The highest BCUT2D eigenvalue weighted by molar-refractivity contribution is 5.65. The quantitative estimate of drug-likeness (QED) is 0.756. The largest absolute Gasteiger partial charge is 0.463 e. The van der Waals surface area contributed by atoms with Crippen molar-refractivity contribution in [1.29, 1.82) is 0 Å². The number of carbonyl (C=O) groups is 1. The van der Waals surface area contributed by atoms with Crippen molar-refractivity contribution in [1.82, 2.24) is 0 Å². The third-order valence-corrected chi connectivity index (χ3v) is 3.85. The van der Waals surface area contributed by atoms with Crippen molar-refractivity contribution in [2.45, 2.75) is 45.4 Å². The molecule has 0 bridgehead atoms. The third kappa shape index (κ3) is 4.80. The van der Waals surface area contributed by atoms with Crippen molar-refractivity contribution in [2.24, 2.45) is 5.92 Å². The molecule has 1 fully saturated rings. The summed E-state index contributed by atoms with van der Waals surface area (Å²) in [4.78, 5) is 11.0. The Balaban J connectivity index is 1.93. The Labute approximate surface area is 131 Å². The zero-order valence-corrected chi connectivity index (χ0v) is 13.4. The van der Waals surface area contributed by atoms with E-state index in [1.165, 1.54) is 6.92 Å². The molecule has 2 unspecified atom stereocenters. The molecule has 1 heterocycles. The Hall–Kier alpha value is -1.43. The van der Waals surface area contributed by atoms with Crippen molar-refractivity contribution in [3.63, 3.8) is 0 Å². The van der Waals surface area contributed by atoms with Crippen LogP contribution in [0.1, 0.15) is 25.8 Å². The van der Waals surface area contributed by atoms with Crippen molar-refractivity contribution in [3.05, 3.63) is 35.9 Å². The van der Waals surface area contributed by atoms with E-state index in [1.807, 2.05) is 37.3 Å². The number of rotatable bonds is 6. The lowest BCUT2D eigenvalue weighted by molar-refractivity contribution is -0.249. The molecular weight excluding hydrogens is 284 g/mol. The van der Waals surface area contributed by atoms with Gasteiger partial charge < -0.3 is 18.9 Å². The molecule has 1 aromatic carbocycles. The van der Waals surface area contributed by atoms with Gasteiger partial charge in [-0.05, 0) is 5.56 Å². The summed E-state index contributed by atoms with van der Waals surface area (Å²) in [5, 5.41) is 0. The zero-order chi connectivity index (χ0) is 15.9. The molecule has 4 atom stereocenters. The molecule has 0 aliphatic carbocycles. The summed E-state index contributed by atoms with van der Waals surface area (Å²) in [6, 6.07) is 10.0. The lowest BCUT2D eigenvalue weighted by Gasteiger charge is -2.39. The minimum Gasteiger partial charge on any atom is -0.463 e. The summed E-state index contributed by atoms with van der Waals surface area (Å²) < 4.78 is 22.3. The van der Waals surface area contributed by atoms with Crippen LogP contribution < -0.4 is 0 Å². The number of hydrogen-bond donors (Lipinski definition) is 0. The van der Waals surface area contributed by atoms with E-state index in [1.54, 1.807) is 7.11 Å². The predicted molar refractivity (Wildman–Crippen MR) is 81.1 cm³/mol. The standard InChI is InChI=1S/C17H24O5/c1-12-16(21-10-14-7-5-4-6-8-14)9-15(11-20-13(2)18)22-17(12)19-3/h4-8,12,15-17H,9-11H2,1-3H3/t12?,15?,16-,17+/m1/s1. The van der Waals surface area contributed by atoms with Gasteiger partial charge in [0.05, 0.1) is 18.8 Å². The average Bonchev–Trinajstić information content (AvgIpc) is 2.53. The lowest BCUT2D eigenvalue weighted by atomic mass is 9.95. The first-order valence-corrected chi connectivity index (χ1v) is 7.57.